The zero-order valence-electron chi connectivity index (χ0n) is 10.7. The summed E-state index contributed by atoms with van der Waals surface area (Å²) in [5, 5.41) is 23.7. The van der Waals surface area contributed by atoms with Crippen molar-refractivity contribution < 1.29 is 78.9 Å². The van der Waals surface area contributed by atoms with Crippen molar-refractivity contribution in [2.45, 2.75) is 0 Å². The van der Waals surface area contributed by atoms with Crippen molar-refractivity contribution in [1.82, 2.24) is 4.98 Å². The number of methoxy groups -OCH3 is 1. The predicted molar refractivity (Wildman–Crippen MR) is 64.7 cm³/mol. The second-order valence-electron chi connectivity index (χ2n) is 3.27. The first kappa shape index (κ1) is 19.4. The fourth-order valence-electron chi connectivity index (χ4n) is 1.47. The number of benzene rings is 1. The molecule has 0 unspecified atom stereocenters. The maximum Gasteiger partial charge on any atom is 1.00 e. The van der Waals surface area contributed by atoms with E-state index >= 15 is 0 Å². The minimum atomic E-state index is -0.951. The minimum Gasteiger partial charge on any atom is -0.871 e. The van der Waals surface area contributed by atoms with Crippen molar-refractivity contribution in [3.63, 3.8) is 0 Å². The van der Waals surface area contributed by atoms with Gasteiger partial charge in [-0.15, -0.1) is 0 Å². The van der Waals surface area contributed by atoms with E-state index in [0.717, 1.165) is 10.7 Å². The van der Waals surface area contributed by atoms with Gasteiger partial charge in [0, 0.05) is 9.45 Å². The van der Waals surface area contributed by atoms with Crippen molar-refractivity contribution >= 4 is 39.5 Å². The van der Waals surface area contributed by atoms with Crippen LogP contribution in [0, 0.1) is 3.57 Å². The molecule has 0 saturated heterocycles. The van der Waals surface area contributed by atoms with Crippen LogP contribution in [0.1, 0.15) is 10.4 Å². The van der Waals surface area contributed by atoms with Gasteiger partial charge in [0.1, 0.15) is 0 Å². The summed E-state index contributed by atoms with van der Waals surface area (Å²) in [4.78, 5) is 15.0. The van der Waals surface area contributed by atoms with E-state index in [2.05, 4.69) is 9.72 Å². The zero-order valence-corrected chi connectivity index (χ0v) is 16.8. The van der Waals surface area contributed by atoms with Gasteiger partial charge < -0.3 is 14.9 Å². The number of ether oxygens (including phenoxy) is 1. The Morgan fingerprint density at radius 3 is 2.53 bits per heavy atom. The van der Waals surface area contributed by atoms with Crippen molar-refractivity contribution in [1.29, 1.82) is 0 Å². The van der Waals surface area contributed by atoms with Gasteiger partial charge in [0.15, 0.2) is 0 Å². The summed E-state index contributed by atoms with van der Waals surface area (Å²) >= 11 is 2.03. The van der Waals surface area contributed by atoms with E-state index in [4.69, 9.17) is 0 Å². The molecular formula is C11H6INNa2O4. The van der Waals surface area contributed by atoms with Crippen LogP contribution in [0.15, 0.2) is 18.2 Å². The molecule has 1 heterocycles. The molecule has 0 aliphatic heterocycles. The molecule has 88 valence electrons. The maximum absolute atomic E-state index is 12.0. The van der Waals surface area contributed by atoms with E-state index in [9.17, 15) is 15.0 Å². The molecule has 0 radical (unpaired) electrons. The second kappa shape index (κ2) is 8.02. The molecule has 5 nitrogen and oxygen atoms in total. The van der Waals surface area contributed by atoms with Gasteiger partial charge in [-0.2, -0.15) is 0 Å². The SMILES string of the molecule is COC(=O)c1c([O-])nc2ccc(I)cc2c1[O-].[Na+].[Na+]. The number of aromatic nitrogens is 1. The molecule has 8 heteroatoms. The number of halogens is 1. The normalized spacial score (nSPS) is 9.37. The van der Waals surface area contributed by atoms with Crippen LogP contribution in [-0.2, 0) is 4.74 Å². The van der Waals surface area contributed by atoms with Gasteiger partial charge in [0.25, 0.3) is 0 Å². The van der Waals surface area contributed by atoms with E-state index < -0.39 is 23.2 Å². The maximum atomic E-state index is 12.0. The Balaban J connectivity index is 0.00000162. The first-order valence-electron chi connectivity index (χ1n) is 4.60. The number of fused-ring (bicyclic) bond motifs is 1. The largest absolute Gasteiger partial charge is 1.00 e. The van der Waals surface area contributed by atoms with Crippen LogP contribution >= 0.6 is 22.6 Å². The molecule has 0 spiro atoms. The molecule has 0 atom stereocenters. The molecule has 0 bridgehead atoms. The van der Waals surface area contributed by atoms with E-state index in [1.807, 2.05) is 22.6 Å². The van der Waals surface area contributed by atoms with Crippen molar-refractivity contribution in [2.75, 3.05) is 7.11 Å². The molecule has 2 aromatic rings. The average Bonchev–Trinajstić information content (AvgIpc) is 2.30. The summed E-state index contributed by atoms with van der Waals surface area (Å²) in [5.74, 6) is -2.44. The summed E-state index contributed by atoms with van der Waals surface area (Å²) in [6.45, 7) is 0. The first-order chi connectivity index (χ1) is 8.04. The summed E-state index contributed by atoms with van der Waals surface area (Å²) in [6, 6.07) is 4.88. The Morgan fingerprint density at radius 1 is 1.32 bits per heavy atom. The summed E-state index contributed by atoms with van der Waals surface area (Å²) in [7, 11) is 1.11. The number of hydrogen-bond donors (Lipinski definition) is 0. The predicted octanol–water partition coefficient (Wildman–Crippen LogP) is -5.22. The molecule has 1 aromatic carbocycles. The number of nitrogens with zero attached hydrogens (tertiary/aromatic N) is 1. The van der Waals surface area contributed by atoms with Gasteiger partial charge in [0.2, 0.25) is 0 Å². The molecule has 2 rings (SSSR count). The molecular weight excluding hydrogens is 383 g/mol. The van der Waals surface area contributed by atoms with Crippen molar-refractivity contribution in [2.24, 2.45) is 0 Å². The van der Waals surface area contributed by atoms with Gasteiger partial charge in [-0.25, -0.2) is 4.79 Å². The Bertz CT molecular complexity index is 621. The van der Waals surface area contributed by atoms with Crippen LogP contribution in [0.2, 0.25) is 0 Å². The number of carbonyl (C=O) groups is 1. The first-order valence-corrected chi connectivity index (χ1v) is 5.68. The summed E-state index contributed by atoms with van der Waals surface area (Å²) in [6.07, 6.45) is 0. The molecule has 0 N–H and O–H groups in total. The van der Waals surface area contributed by atoms with E-state index in [1.165, 1.54) is 0 Å². The third-order valence-electron chi connectivity index (χ3n) is 2.26. The molecule has 1 aromatic heterocycles. The van der Waals surface area contributed by atoms with E-state index in [0.29, 0.717) is 0 Å². The third-order valence-corrected chi connectivity index (χ3v) is 2.93. The van der Waals surface area contributed by atoms with Crippen LogP contribution in [0.5, 0.6) is 11.6 Å². The van der Waals surface area contributed by atoms with Gasteiger partial charge in [-0.1, -0.05) is 5.75 Å². The topological polar surface area (TPSA) is 85.3 Å². The number of esters is 1. The van der Waals surface area contributed by atoms with Gasteiger partial charge >= 0.3 is 65.1 Å². The van der Waals surface area contributed by atoms with Crippen molar-refractivity contribution in [3.05, 3.63) is 27.3 Å². The standard InChI is InChI=1S/C11H8INO4.2Na/c1-17-11(16)8-9(14)6-4-5(12)2-3-7(6)13-10(8)15;;/h2-4H,1H3,(H2,13,14,15);;/q;2*+1/p-2. The van der Waals surface area contributed by atoms with Crippen LogP contribution in [0.25, 0.3) is 10.9 Å². The molecule has 19 heavy (non-hydrogen) atoms. The van der Waals surface area contributed by atoms with E-state index in [1.54, 1.807) is 18.2 Å². The Kier molecular flexibility index (Phi) is 8.20. The third kappa shape index (κ3) is 3.96. The van der Waals surface area contributed by atoms with Crippen LogP contribution in [0.4, 0.5) is 0 Å². The molecule has 0 amide bonds. The minimum absolute atomic E-state index is 0. The Hall–Kier alpha value is 0.430. The Morgan fingerprint density at radius 2 is 1.95 bits per heavy atom. The van der Waals surface area contributed by atoms with Gasteiger partial charge in [-0.05, 0) is 46.2 Å². The summed E-state index contributed by atoms with van der Waals surface area (Å²) < 4.78 is 5.22. The number of pyridine rings is 1. The number of rotatable bonds is 1. The van der Waals surface area contributed by atoms with Crippen LogP contribution < -0.4 is 69.3 Å². The zero-order chi connectivity index (χ0) is 12.6. The van der Waals surface area contributed by atoms with Gasteiger partial charge in [-0.3, -0.25) is 4.98 Å². The summed E-state index contributed by atoms with van der Waals surface area (Å²) in [5.41, 5.74) is -0.255. The fourth-order valence-corrected chi connectivity index (χ4v) is 1.96. The molecule has 0 fully saturated rings. The number of hydrogen-bond acceptors (Lipinski definition) is 5. The van der Waals surface area contributed by atoms with Crippen LogP contribution in [-0.4, -0.2) is 18.1 Å². The van der Waals surface area contributed by atoms with E-state index in [-0.39, 0.29) is 70.0 Å². The smallest absolute Gasteiger partial charge is 0.871 e. The quantitative estimate of drug-likeness (QED) is 0.277. The molecule has 0 aliphatic carbocycles. The van der Waals surface area contributed by atoms with Crippen molar-refractivity contribution in [3.8, 4) is 11.6 Å². The van der Waals surface area contributed by atoms with Gasteiger partial charge in [0.05, 0.1) is 18.2 Å². The second-order valence-corrected chi connectivity index (χ2v) is 4.52. The Labute approximate surface area is 167 Å². The number of carbonyl (C=O) groups excluding carboxylic acids is 1. The molecule has 0 saturated carbocycles. The monoisotopic (exact) mass is 389 g/mol. The molecule has 0 aliphatic rings. The average molecular weight is 389 g/mol. The fraction of sp³-hybridized carbons (Fsp3) is 0.0909. The van der Waals surface area contributed by atoms with Crippen LogP contribution in [0.3, 0.4) is 0 Å².